The van der Waals surface area contributed by atoms with Crippen LogP contribution in [0.25, 0.3) is 0 Å². The molecular formula is C14H25NO2. The SMILES string of the molecule is CC1(C)CCC(CN2CCC(CCO)C2)C1=O. The van der Waals surface area contributed by atoms with Crippen molar-refractivity contribution in [2.24, 2.45) is 17.3 Å². The van der Waals surface area contributed by atoms with Crippen LogP contribution in [0, 0.1) is 17.3 Å². The lowest BCUT2D eigenvalue weighted by molar-refractivity contribution is -0.127. The van der Waals surface area contributed by atoms with E-state index in [0.29, 0.717) is 18.3 Å². The van der Waals surface area contributed by atoms with Gasteiger partial charge >= 0.3 is 0 Å². The van der Waals surface area contributed by atoms with Gasteiger partial charge in [-0.3, -0.25) is 4.79 Å². The summed E-state index contributed by atoms with van der Waals surface area (Å²) in [6.45, 7) is 7.58. The first-order valence-corrected chi connectivity index (χ1v) is 6.90. The first-order valence-electron chi connectivity index (χ1n) is 6.90. The Morgan fingerprint density at radius 2 is 2.18 bits per heavy atom. The van der Waals surface area contributed by atoms with Crippen molar-refractivity contribution in [2.75, 3.05) is 26.2 Å². The molecule has 1 aliphatic carbocycles. The largest absolute Gasteiger partial charge is 0.396 e. The number of rotatable bonds is 4. The van der Waals surface area contributed by atoms with Gasteiger partial charge in [0, 0.05) is 31.0 Å². The summed E-state index contributed by atoms with van der Waals surface area (Å²) in [5, 5.41) is 8.94. The second-order valence-corrected chi connectivity index (χ2v) is 6.41. The normalized spacial score (nSPS) is 33.5. The molecule has 2 atom stereocenters. The fourth-order valence-corrected chi connectivity index (χ4v) is 3.32. The summed E-state index contributed by atoms with van der Waals surface area (Å²) >= 11 is 0. The molecule has 2 unspecified atom stereocenters. The maximum absolute atomic E-state index is 12.2. The van der Waals surface area contributed by atoms with Crippen LogP contribution < -0.4 is 0 Å². The molecule has 0 bridgehead atoms. The fraction of sp³-hybridized carbons (Fsp3) is 0.929. The zero-order valence-corrected chi connectivity index (χ0v) is 11.1. The van der Waals surface area contributed by atoms with E-state index in [9.17, 15) is 4.79 Å². The average Bonchev–Trinajstić information content (AvgIpc) is 2.80. The van der Waals surface area contributed by atoms with Crippen LogP contribution in [-0.2, 0) is 4.79 Å². The Kier molecular flexibility index (Phi) is 3.88. The molecule has 1 N–H and O–H groups in total. The Morgan fingerprint density at radius 1 is 1.41 bits per heavy atom. The predicted molar refractivity (Wildman–Crippen MR) is 67.8 cm³/mol. The first kappa shape index (κ1) is 13.0. The van der Waals surface area contributed by atoms with Crippen LogP contribution in [-0.4, -0.2) is 42.0 Å². The molecule has 2 aliphatic rings. The molecule has 1 heterocycles. The van der Waals surface area contributed by atoms with Crippen molar-refractivity contribution in [1.82, 2.24) is 4.90 Å². The zero-order valence-electron chi connectivity index (χ0n) is 11.1. The summed E-state index contributed by atoms with van der Waals surface area (Å²) < 4.78 is 0. The maximum Gasteiger partial charge on any atom is 0.142 e. The van der Waals surface area contributed by atoms with Crippen LogP contribution in [0.3, 0.4) is 0 Å². The van der Waals surface area contributed by atoms with Gasteiger partial charge in [0.15, 0.2) is 0 Å². The Bertz CT molecular complexity index is 288. The molecule has 1 aliphatic heterocycles. The minimum absolute atomic E-state index is 0.0884. The standard InChI is InChI=1S/C14H25NO2/c1-14(2)6-3-12(13(14)17)10-15-7-4-11(9-15)5-8-16/h11-12,16H,3-10H2,1-2H3. The highest BCUT2D eigenvalue weighted by Gasteiger charge is 2.41. The Hall–Kier alpha value is -0.410. The highest BCUT2D eigenvalue weighted by atomic mass is 16.3. The molecule has 3 heteroatoms. The lowest BCUT2D eigenvalue weighted by Gasteiger charge is -2.21. The van der Waals surface area contributed by atoms with E-state index in [2.05, 4.69) is 18.7 Å². The quantitative estimate of drug-likeness (QED) is 0.811. The number of aliphatic hydroxyl groups is 1. The van der Waals surface area contributed by atoms with Crippen molar-refractivity contribution in [3.8, 4) is 0 Å². The third-order valence-electron chi connectivity index (χ3n) is 4.54. The molecule has 2 fully saturated rings. The van der Waals surface area contributed by atoms with E-state index in [1.807, 2.05) is 0 Å². The molecule has 1 saturated carbocycles. The molecule has 17 heavy (non-hydrogen) atoms. The van der Waals surface area contributed by atoms with Crippen molar-refractivity contribution >= 4 is 5.78 Å². The van der Waals surface area contributed by atoms with Crippen molar-refractivity contribution in [2.45, 2.75) is 39.5 Å². The lowest BCUT2D eigenvalue weighted by atomic mass is 9.89. The summed E-state index contributed by atoms with van der Waals surface area (Å²) in [6, 6.07) is 0. The summed E-state index contributed by atoms with van der Waals surface area (Å²) in [7, 11) is 0. The van der Waals surface area contributed by atoms with Crippen LogP contribution in [0.1, 0.15) is 39.5 Å². The highest BCUT2D eigenvalue weighted by molar-refractivity contribution is 5.88. The first-order chi connectivity index (χ1) is 8.03. The van der Waals surface area contributed by atoms with Gasteiger partial charge in [-0.15, -0.1) is 0 Å². The summed E-state index contributed by atoms with van der Waals surface area (Å²) in [6.07, 6.45) is 4.21. The van der Waals surface area contributed by atoms with Gasteiger partial charge in [0.05, 0.1) is 0 Å². The van der Waals surface area contributed by atoms with Gasteiger partial charge in [-0.25, -0.2) is 0 Å². The molecule has 0 amide bonds. The van der Waals surface area contributed by atoms with Gasteiger partial charge in [-0.05, 0) is 38.1 Å². The fourth-order valence-electron chi connectivity index (χ4n) is 3.32. The molecule has 1 saturated heterocycles. The van der Waals surface area contributed by atoms with Crippen LogP contribution in [0.2, 0.25) is 0 Å². The summed E-state index contributed by atoms with van der Waals surface area (Å²) in [5.41, 5.74) is -0.0884. The van der Waals surface area contributed by atoms with Crippen molar-refractivity contribution in [1.29, 1.82) is 0 Å². The van der Waals surface area contributed by atoms with E-state index >= 15 is 0 Å². The number of carbonyl (C=O) groups is 1. The smallest absolute Gasteiger partial charge is 0.142 e. The topological polar surface area (TPSA) is 40.5 Å². The minimum atomic E-state index is -0.0884. The van der Waals surface area contributed by atoms with Crippen molar-refractivity contribution in [3.05, 3.63) is 0 Å². The maximum atomic E-state index is 12.2. The highest BCUT2D eigenvalue weighted by Crippen LogP contribution is 2.38. The Morgan fingerprint density at radius 3 is 2.76 bits per heavy atom. The summed E-state index contributed by atoms with van der Waals surface area (Å²) in [4.78, 5) is 14.6. The molecule has 98 valence electrons. The number of Topliss-reactive ketones (excluding diaryl/α,β-unsaturated/α-hetero) is 1. The number of hydrogen-bond donors (Lipinski definition) is 1. The van der Waals surface area contributed by atoms with Crippen LogP contribution in [0.4, 0.5) is 0 Å². The third-order valence-corrected chi connectivity index (χ3v) is 4.54. The molecule has 0 aromatic heterocycles. The third kappa shape index (κ3) is 2.89. The number of likely N-dealkylation sites (tertiary alicyclic amines) is 1. The van der Waals surface area contributed by atoms with E-state index in [-0.39, 0.29) is 11.3 Å². The summed E-state index contributed by atoms with van der Waals surface area (Å²) in [5.74, 6) is 1.37. The molecule has 0 aromatic rings. The molecular weight excluding hydrogens is 214 g/mol. The number of nitrogens with zero attached hydrogens (tertiary/aromatic N) is 1. The van der Waals surface area contributed by atoms with Crippen LogP contribution in [0.15, 0.2) is 0 Å². The molecule has 0 aromatic carbocycles. The van der Waals surface area contributed by atoms with Gasteiger partial charge in [0.2, 0.25) is 0 Å². The molecule has 3 nitrogen and oxygen atoms in total. The molecule has 0 radical (unpaired) electrons. The van der Waals surface area contributed by atoms with Gasteiger partial charge < -0.3 is 10.0 Å². The van der Waals surface area contributed by atoms with E-state index in [1.165, 1.54) is 6.42 Å². The van der Waals surface area contributed by atoms with Crippen LogP contribution in [0.5, 0.6) is 0 Å². The predicted octanol–water partition coefficient (Wildman–Crippen LogP) is 1.70. The zero-order chi connectivity index (χ0) is 12.5. The van der Waals surface area contributed by atoms with Gasteiger partial charge in [0.1, 0.15) is 5.78 Å². The van der Waals surface area contributed by atoms with Gasteiger partial charge in [-0.2, -0.15) is 0 Å². The average molecular weight is 239 g/mol. The Balaban J connectivity index is 1.81. The molecule has 2 rings (SSSR count). The van der Waals surface area contributed by atoms with Crippen molar-refractivity contribution in [3.63, 3.8) is 0 Å². The number of carbonyl (C=O) groups excluding carboxylic acids is 1. The van der Waals surface area contributed by atoms with Crippen molar-refractivity contribution < 1.29 is 9.90 Å². The number of hydrogen-bond acceptors (Lipinski definition) is 3. The van der Waals surface area contributed by atoms with E-state index < -0.39 is 0 Å². The van der Waals surface area contributed by atoms with E-state index in [1.54, 1.807) is 0 Å². The van der Waals surface area contributed by atoms with E-state index in [4.69, 9.17) is 5.11 Å². The second kappa shape index (κ2) is 5.07. The minimum Gasteiger partial charge on any atom is -0.396 e. The lowest BCUT2D eigenvalue weighted by Crippen LogP contribution is -2.32. The van der Waals surface area contributed by atoms with Crippen LogP contribution >= 0.6 is 0 Å². The Labute approximate surface area is 104 Å². The van der Waals surface area contributed by atoms with E-state index in [0.717, 1.165) is 38.9 Å². The monoisotopic (exact) mass is 239 g/mol. The van der Waals surface area contributed by atoms with Gasteiger partial charge in [-0.1, -0.05) is 13.8 Å². The molecule has 0 spiro atoms. The number of aliphatic hydroxyl groups excluding tert-OH is 1. The second-order valence-electron chi connectivity index (χ2n) is 6.41. The van der Waals surface area contributed by atoms with Gasteiger partial charge in [0.25, 0.3) is 0 Å². The number of ketones is 1.